The van der Waals surface area contributed by atoms with Crippen LogP contribution < -0.4 is 4.43 Å². The Hall–Kier alpha value is -0.318. The van der Waals surface area contributed by atoms with E-state index in [1.807, 2.05) is 0 Å². The maximum Gasteiger partial charge on any atom is 0.250 e. The van der Waals surface area contributed by atoms with Crippen LogP contribution in [0.15, 0.2) is 30.3 Å². The molecule has 1 rings (SSSR count). The van der Waals surface area contributed by atoms with Crippen molar-refractivity contribution in [2.75, 3.05) is 0 Å². The minimum absolute atomic E-state index is 0. The van der Waals surface area contributed by atoms with E-state index in [0.29, 0.717) is 15.2 Å². The van der Waals surface area contributed by atoms with Gasteiger partial charge in [0.15, 0.2) is 0 Å². The van der Waals surface area contributed by atoms with E-state index in [-0.39, 0.29) is 4.70 Å². The zero-order valence-electron chi connectivity index (χ0n) is 10.3. The summed E-state index contributed by atoms with van der Waals surface area (Å²) in [5.41, 5.74) is 0. The molecule has 2 heteroatoms. The lowest BCUT2D eigenvalue weighted by molar-refractivity contribution is 0.624. The van der Waals surface area contributed by atoms with E-state index >= 15 is 0 Å². The number of unbranched alkanes of at least 4 members (excludes halogenated alkanes) is 5. The van der Waals surface area contributed by atoms with Crippen LogP contribution in [0.1, 0.15) is 45.4 Å². The predicted octanol–water partition coefficient (Wildman–Crippen LogP) is 3.95. The average Bonchev–Trinajstić information content (AvgIpc) is 2.29. The molecule has 16 heavy (non-hydrogen) atoms. The summed E-state index contributed by atoms with van der Waals surface area (Å²) >= 11 is 0.533. The van der Waals surface area contributed by atoms with E-state index in [1.54, 1.807) is 4.43 Å². The molecule has 0 saturated carbocycles. The van der Waals surface area contributed by atoms with Crippen molar-refractivity contribution in [2.24, 2.45) is 0 Å². The molecule has 0 aliphatic rings. The molecule has 1 radical (unpaired) electrons. The Labute approximate surface area is 106 Å². The monoisotopic (exact) mass is 237 g/mol. The molecule has 0 aliphatic carbocycles. The first-order valence-corrected chi connectivity index (χ1v) is 7.71. The number of rotatable bonds is 8. The van der Waals surface area contributed by atoms with Crippen molar-refractivity contribution in [3.8, 4) is 0 Å². The normalized spacial score (nSPS) is 9.56. The van der Waals surface area contributed by atoms with E-state index < -0.39 is 0 Å². The zero-order valence-corrected chi connectivity index (χ0v) is 11.5. The van der Waals surface area contributed by atoms with Crippen LogP contribution in [0.2, 0.25) is 5.28 Å². The van der Waals surface area contributed by atoms with Gasteiger partial charge in [0.2, 0.25) is 15.2 Å². The lowest BCUT2D eigenvalue weighted by atomic mass is 10.1. The van der Waals surface area contributed by atoms with E-state index in [1.165, 1.54) is 43.8 Å². The van der Waals surface area contributed by atoms with Crippen LogP contribution in [0.5, 0.6) is 0 Å². The van der Waals surface area contributed by atoms with E-state index in [2.05, 4.69) is 37.3 Å². The molecule has 0 nitrogen and oxygen atoms in total. The van der Waals surface area contributed by atoms with Crippen molar-refractivity contribution in [2.45, 2.75) is 50.7 Å². The first kappa shape index (κ1) is 15.7. The zero-order chi connectivity index (χ0) is 10.8. The Balaban J connectivity index is 0.00000225. The molecular formula is C14H23AlF. The summed E-state index contributed by atoms with van der Waals surface area (Å²) in [5.74, 6) is 0. The van der Waals surface area contributed by atoms with E-state index in [0.717, 1.165) is 0 Å². The number of halogens is 1. The van der Waals surface area contributed by atoms with Gasteiger partial charge < -0.3 is 0 Å². The number of hydrogen-bond acceptors (Lipinski definition) is 0. The minimum Gasteiger partial charge on any atom is -0.269 e. The topological polar surface area (TPSA) is 0 Å². The second-order valence-corrected chi connectivity index (χ2v) is 5.82. The highest BCUT2D eigenvalue weighted by atomic mass is 27.1. The summed E-state index contributed by atoms with van der Waals surface area (Å²) in [7, 11) is 0. The summed E-state index contributed by atoms with van der Waals surface area (Å²) in [4.78, 5) is 0. The summed E-state index contributed by atoms with van der Waals surface area (Å²) in [5, 5.41) is 1.44. The van der Waals surface area contributed by atoms with Crippen LogP contribution >= 0.6 is 0 Å². The van der Waals surface area contributed by atoms with Crippen LogP contribution in [0, 0.1) is 0 Å². The van der Waals surface area contributed by atoms with Gasteiger partial charge in [-0.15, -0.1) is 4.43 Å². The first-order chi connectivity index (χ1) is 7.43. The third-order valence-corrected chi connectivity index (χ3v) is 4.29. The van der Waals surface area contributed by atoms with Crippen LogP contribution in [-0.2, 0) is 0 Å². The van der Waals surface area contributed by atoms with Crippen molar-refractivity contribution in [3.63, 3.8) is 0 Å². The van der Waals surface area contributed by atoms with E-state index in [4.69, 9.17) is 0 Å². The van der Waals surface area contributed by atoms with Crippen molar-refractivity contribution < 1.29 is 4.70 Å². The highest BCUT2D eigenvalue weighted by molar-refractivity contribution is 6.53. The third-order valence-electron chi connectivity index (χ3n) is 2.74. The summed E-state index contributed by atoms with van der Waals surface area (Å²) < 4.78 is 1.58. The van der Waals surface area contributed by atoms with Gasteiger partial charge in [0, 0.05) is 0 Å². The summed E-state index contributed by atoms with van der Waals surface area (Å²) in [6, 6.07) is 11.0. The first-order valence-electron chi connectivity index (χ1n) is 6.31. The molecule has 0 spiro atoms. The highest BCUT2D eigenvalue weighted by Gasteiger charge is 1.95. The van der Waals surface area contributed by atoms with Gasteiger partial charge in [0.1, 0.15) is 0 Å². The number of benzene rings is 1. The smallest absolute Gasteiger partial charge is 0.250 e. The Morgan fingerprint density at radius 1 is 0.875 bits per heavy atom. The van der Waals surface area contributed by atoms with Gasteiger partial charge in [-0.3, -0.25) is 4.70 Å². The van der Waals surface area contributed by atoms with Crippen molar-refractivity contribution >= 4 is 19.6 Å². The van der Waals surface area contributed by atoms with Gasteiger partial charge in [0.25, 0.3) is 0 Å². The molecule has 0 bridgehead atoms. The standard InChI is InChI=1S/C8H17.C6H5.Al.FH/c1-3-5-7-8-6-4-2;1-2-4-6-5-3-1;;/h1,3-8H2,2H3;1-5H;;1H. The molecule has 89 valence electrons. The van der Waals surface area contributed by atoms with Crippen LogP contribution in [0.25, 0.3) is 0 Å². The molecular weight excluding hydrogens is 214 g/mol. The quantitative estimate of drug-likeness (QED) is 0.474. The molecule has 1 aromatic rings. The van der Waals surface area contributed by atoms with Crippen molar-refractivity contribution in [1.82, 2.24) is 0 Å². The van der Waals surface area contributed by atoms with Crippen molar-refractivity contribution in [3.05, 3.63) is 30.3 Å². The fraction of sp³-hybridized carbons (Fsp3) is 0.571. The maximum absolute atomic E-state index is 2.28. The lowest BCUT2D eigenvalue weighted by Gasteiger charge is -2.00. The summed E-state index contributed by atoms with van der Waals surface area (Å²) in [6.45, 7) is 2.28. The fourth-order valence-electron chi connectivity index (χ4n) is 1.78. The molecule has 0 fully saturated rings. The van der Waals surface area contributed by atoms with Gasteiger partial charge in [-0.25, -0.2) is 0 Å². The summed E-state index contributed by atoms with van der Waals surface area (Å²) in [6.07, 6.45) is 8.55. The SMILES string of the molecule is CCCCCCC[CH2][Al][c]1ccccc1.F. The maximum atomic E-state index is 2.28. The van der Waals surface area contributed by atoms with Gasteiger partial charge in [-0.1, -0.05) is 81.1 Å². The molecule has 0 amide bonds. The van der Waals surface area contributed by atoms with Crippen LogP contribution in [-0.4, -0.2) is 15.2 Å². The number of hydrogen-bond donors (Lipinski definition) is 0. The molecule has 0 heterocycles. The third kappa shape index (κ3) is 7.91. The Bertz CT molecular complexity index is 236. The Morgan fingerprint density at radius 3 is 2.19 bits per heavy atom. The molecule has 1 aromatic carbocycles. The Morgan fingerprint density at radius 2 is 1.50 bits per heavy atom. The second-order valence-electron chi connectivity index (χ2n) is 4.17. The lowest BCUT2D eigenvalue weighted by Crippen LogP contribution is -2.12. The fourth-order valence-corrected chi connectivity index (χ4v) is 3.10. The largest absolute Gasteiger partial charge is 0.269 e. The average molecular weight is 237 g/mol. The molecule has 0 saturated heterocycles. The van der Waals surface area contributed by atoms with E-state index in [9.17, 15) is 0 Å². The molecule has 0 unspecified atom stereocenters. The van der Waals surface area contributed by atoms with Crippen LogP contribution in [0.3, 0.4) is 0 Å². The minimum atomic E-state index is 0. The van der Waals surface area contributed by atoms with Crippen LogP contribution in [0.4, 0.5) is 4.70 Å². The second kappa shape index (κ2) is 11.2. The van der Waals surface area contributed by atoms with Gasteiger partial charge in [0.05, 0.1) is 0 Å². The van der Waals surface area contributed by atoms with Gasteiger partial charge in [-0.05, 0) is 0 Å². The molecule has 0 aliphatic heterocycles. The van der Waals surface area contributed by atoms with Gasteiger partial charge >= 0.3 is 0 Å². The van der Waals surface area contributed by atoms with Crippen molar-refractivity contribution in [1.29, 1.82) is 0 Å². The molecule has 0 N–H and O–H groups in total. The highest BCUT2D eigenvalue weighted by Crippen LogP contribution is 2.06. The Kier molecular flexibility index (Phi) is 11.0. The van der Waals surface area contributed by atoms with Gasteiger partial charge in [-0.2, -0.15) is 0 Å². The molecule has 0 atom stereocenters. The predicted molar refractivity (Wildman–Crippen MR) is 72.5 cm³/mol. The molecule has 0 aromatic heterocycles.